The number of halogens is 3. The first-order chi connectivity index (χ1) is 56.8. The number of ether oxygens (including phenoxy) is 9. The lowest BCUT2D eigenvalue weighted by Crippen LogP contribution is -2.47. The average molecular weight is 1990 g/mol. The van der Waals surface area contributed by atoms with Crippen molar-refractivity contribution in [2.45, 2.75) is 515 Å². The van der Waals surface area contributed by atoms with E-state index >= 15 is 0 Å². The summed E-state index contributed by atoms with van der Waals surface area (Å²) in [5.41, 5.74) is 6.28. The van der Waals surface area contributed by atoms with E-state index in [4.69, 9.17) is 75.2 Å². The van der Waals surface area contributed by atoms with Gasteiger partial charge < -0.3 is 58.4 Å². The van der Waals surface area contributed by atoms with Crippen LogP contribution in [0.15, 0.2) is 23.3 Å². The van der Waals surface area contributed by atoms with Gasteiger partial charge in [-0.05, 0) is 410 Å². The van der Waals surface area contributed by atoms with Crippen molar-refractivity contribution in [2.24, 2.45) is 47.3 Å². The number of hydrogen-bond acceptors (Lipinski definition) is 19. The van der Waals surface area contributed by atoms with Crippen molar-refractivity contribution in [3.05, 3.63) is 28.8 Å². The van der Waals surface area contributed by atoms with Crippen LogP contribution < -0.4 is 0 Å². The first-order valence-corrected chi connectivity index (χ1v) is 48.5. The maximum absolute atomic E-state index is 11.6. The van der Waals surface area contributed by atoms with Crippen LogP contribution in [0.2, 0.25) is 0 Å². The molecule has 9 rings (SSSR count). The minimum absolute atomic E-state index is 0. The Morgan fingerprint density at radius 3 is 0.723 bits per heavy atom. The minimum Gasteiger partial charge on any atom is -0.481 e. The van der Waals surface area contributed by atoms with Gasteiger partial charge in [0.05, 0.1) is 135 Å². The standard InChI is InChI=1S/2C11H19BrO2.C11H18N2O2.C11H20O2.C10H17ClO2.C10H17NO.2C10H18O3.C9H16O2.C9H14O.2CH4/c2*1-10(2)5-8(9(13)7-12)6-11(3,4)14-10;1-10(2)5-8(9(14)7-13-12)6-11(3,4)15-10;1-8(12)9-6-10(2,3)13-11(4,5)7-9;1-9(2)5-7(8(11)12)6-10(3,4)13-9;1-9(2)5-8(7-11)6-10(3,4)12-9;2*1-9(2)5-7(8(11)12)6-10(3,4)13-9;1-8(2)5-7(10)6-9(3,4)11-8;1-7(2)5-9(10)6-8(3)4;;/h2*8H,5-7H2,1-4H3;7-8H,5-6H2,1-4H3;9H,6-7H2,1-5H3;7H,5-6H2,1-4H3;8H,5-6H2,1-4H3;2*7H,5-6H2,1-4H3,(H,11,12);5-6H2,1-4H3;5-6H,1-4H3;2*1H4. The molecule has 9 aliphatic heterocycles. The van der Waals surface area contributed by atoms with Crippen LogP contribution in [0.3, 0.4) is 0 Å². The van der Waals surface area contributed by atoms with Gasteiger partial charge >= 0.3 is 18.2 Å². The number of Topliss-reactive ketones (excluding diaryl/α,β-unsaturated/α-hetero) is 5. The zero-order chi connectivity index (χ0) is 101. The number of nitriles is 1. The van der Waals surface area contributed by atoms with Crippen LogP contribution >= 0.6 is 43.5 Å². The predicted octanol–water partition coefficient (Wildman–Crippen LogP) is 25.3. The molecule has 0 aromatic rings. The van der Waals surface area contributed by atoms with Gasteiger partial charge in [-0.1, -0.05) is 57.9 Å². The second-order valence-electron chi connectivity index (χ2n) is 48.7. The predicted molar refractivity (Wildman–Crippen MR) is 531 cm³/mol. The summed E-state index contributed by atoms with van der Waals surface area (Å²) in [6, 6.07) is 2.34. The van der Waals surface area contributed by atoms with Crippen LogP contribution in [0.5, 0.6) is 0 Å². The van der Waals surface area contributed by atoms with E-state index in [-0.39, 0.29) is 180 Å². The highest BCUT2D eigenvalue weighted by Crippen LogP contribution is 2.46. The summed E-state index contributed by atoms with van der Waals surface area (Å²) in [5.74, 6) is -0.309. The van der Waals surface area contributed by atoms with Crippen LogP contribution in [-0.2, 0) is 85.8 Å². The summed E-state index contributed by atoms with van der Waals surface area (Å²) in [7, 11) is 0. The highest BCUT2D eigenvalue weighted by molar-refractivity contribution is 9.09. The molecule has 0 aromatic carbocycles. The van der Waals surface area contributed by atoms with E-state index in [1.165, 1.54) is 0 Å². The molecule has 23 nitrogen and oxygen atoms in total. The Morgan fingerprint density at radius 1 is 0.354 bits per heavy atom. The zero-order valence-electron chi connectivity index (χ0n) is 87.2. The fourth-order valence-electron chi connectivity index (χ4n) is 21.1. The Morgan fingerprint density at radius 2 is 0.546 bits per heavy atom. The van der Waals surface area contributed by atoms with Gasteiger partial charge in [0.2, 0.25) is 11.0 Å². The van der Waals surface area contributed by atoms with Crippen molar-refractivity contribution in [3.8, 4) is 6.07 Å². The van der Waals surface area contributed by atoms with Crippen molar-refractivity contribution < 1.29 is 101 Å². The van der Waals surface area contributed by atoms with E-state index in [0.717, 1.165) is 81.6 Å². The molecule has 756 valence electrons. The number of hydrogen-bond donors (Lipinski definition) is 2. The molecule has 0 amide bonds. The molecule has 9 saturated heterocycles. The zero-order valence-corrected chi connectivity index (χ0v) is 91.1. The molecule has 0 aliphatic carbocycles. The molecular weight excluding hydrogens is 1810 g/mol. The van der Waals surface area contributed by atoms with Gasteiger partial charge in [-0.3, -0.25) is 43.2 Å². The van der Waals surface area contributed by atoms with Crippen LogP contribution in [-0.4, -0.2) is 185 Å². The van der Waals surface area contributed by atoms with Crippen molar-refractivity contribution in [1.82, 2.24) is 0 Å². The summed E-state index contributed by atoms with van der Waals surface area (Å²) >= 11 is 12.0. The van der Waals surface area contributed by atoms with E-state index in [0.29, 0.717) is 85.2 Å². The molecule has 0 saturated carbocycles. The van der Waals surface area contributed by atoms with Crippen LogP contribution in [0.1, 0.15) is 414 Å². The maximum atomic E-state index is 11.6. The quantitative estimate of drug-likeness (QED) is 0.0458. The third kappa shape index (κ3) is 54.7. The fraction of sp³-hybridized carbons (Fsp3) is 0.856. The molecule has 2 N–H and O–H groups in total. The second-order valence-corrected chi connectivity index (χ2v) is 50.2. The molecule has 0 unspecified atom stereocenters. The minimum atomic E-state index is -0.704. The van der Waals surface area contributed by atoms with Gasteiger partial charge in [-0.25, -0.2) is 0 Å². The highest BCUT2D eigenvalue weighted by atomic mass is 79.9. The third-order valence-corrected chi connectivity index (χ3v) is 23.8. The van der Waals surface area contributed by atoms with Gasteiger partial charge in [0.15, 0.2) is 5.78 Å². The largest absolute Gasteiger partial charge is 0.481 e. The van der Waals surface area contributed by atoms with Crippen LogP contribution in [0, 0.1) is 58.7 Å². The number of nitrogens with zero attached hydrogens (tertiary/aromatic N) is 3. The lowest BCUT2D eigenvalue weighted by Gasteiger charge is -2.44. The monoisotopic (exact) mass is 1990 g/mol. The van der Waals surface area contributed by atoms with Gasteiger partial charge in [-0.15, -0.1) is 0 Å². The lowest BCUT2D eigenvalue weighted by atomic mass is 9.79. The number of alkyl halides is 2. The number of ketones is 6. The van der Waals surface area contributed by atoms with Gasteiger partial charge in [0, 0.05) is 42.4 Å². The van der Waals surface area contributed by atoms with Crippen molar-refractivity contribution in [2.75, 3.05) is 10.7 Å². The number of allylic oxidation sites excluding steroid dienone is 4. The summed E-state index contributed by atoms with van der Waals surface area (Å²) in [5, 5.41) is 27.4. The molecule has 9 heterocycles. The third-order valence-electron chi connectivity index (χ3n) is 22.4. The molecule has 0 atom stereocenters. The van der Waals surface area contributed by atoms with Crippen LogP contribution in [0.25, 0.3) is 5.53 Å². The van der Waals surface area contributed by atoms with Crippen molar-refractivity contribution >= 4 is 102 Å². The lowest BCUT2D eigenvalue weighted by molar-refractivity contribution is -0.185. The summed E-state index contributed by atoms with van der Waals surface area (Å²) in [6.45, 7) is 81.6. The van der Waals surface area contributed by atoms with E-state index in [9.17, 15) is 43.2 Å². The van der Waals surface area contributed by atoms with E-state index in [1.54, 1.807) is 19.1 Å². The van der Waals surface area contributed by atoms with E-state index < -0.39 is 11.9 Å². The van der Waals surface area contributed by atoms with Gasteiger partial charge in [0.1, 0.15) is 23.1 Å². The van der Waals surface area contributed by atoms with Crippen LogP contribution in [0.4, 0.5) is 0 Å². The Hall–Kier alpha value is -4.13. The summed E-state index contributed by atoms with van der Waals surface area (Å²) in [6.07, 6.45) is 17.3. The summed E-state index contributed by atoms with van der Waals surface area (Å²) in [4.78, 5) is 104. The smallest absolute Gasteiger partial charge is 0.323 e. The Labute approximate surface area is 810 Å². The van der Waals surface area contributed by atoms with E-state index in [1.807, 2.05) is 166 Å². The molecule has 9 aliphatic rings. The molecule has 130 heavy (non-hydrogen) atoms. The number of carbonyl (C=O) groups is 9. The number of aliphatic carboxylic acids is 2. The molecule has 0 radical (unpaired) electrons. The van der Waals surface area contributed by atoms with E-state index in [2.05, 4.69) is 153 Å². The molecule has 26 heteroatoms. The molecule has 0 aromatic heterocycles. The first-order valence-electron chi connectivity index (χ1n) is 45.9. The number of rotatable bonds is 12. The highest BCUT2D eigenvalue weighted by Gasteiger charge is 2.49. The Kier molecular flexibility index (Phi) is 50.5. The molecule has 9 fully saturated rings. The molecule has 0 spiro atoms. The fourth-order valence-corrected chi connectivity index (χ4v) is 22.2. The average Bonchev–Trinajstić information content (AvgIpc) is 0.804. The normalized spacial score (nSPS) is 24.9. The number of carboxylic acids is 2. The van der Waals surface area contributed by atoms with Crippen molar-refractivity contribution in [3.63, 3.8) is 0 Å². The number of carboxylic acid groups (broad SMARTS) is 2. The topological polar surface area (TPSA) is 337 Å². The number of carbonyl (C=O) groups excluding carboxylic acids is 7. The maximum Gasteiger partial charge on any atom is 0.323 e. The SMILES string of the molecule is C.C.CC(=O)C1CC(C)(C)OC(C)(C)C1.CC(C)=CC(=O)C=C(C)C.CC1(C)CC(=O)CC(C)(C)O1.CC1(C)CC(C#N)CC(C)(C)O1.CC1(C)CC(C(=O)C=[N+]=[N-])CC(C)(C)O1.CC1(C)CC(C(=O)CBr)CC(C)(C)O1.CC1(C)CC(C(=O)CBr)CC(C)(C)O1.CC1(C)CC(C(=O)Cl)CC(C)(C)O1.CC1(C)CC(C(=O)O)CC(C)(C)O1.CC1(C)CC(C(=O)O)CC(C)(C)O1. The molecular formula is C104H184Br2ClN3O20. The van der Waals surface area contributed by atoms with Crippen molar-refractivity contribution in [1.29, 1.82) is 5.26 Å². The molecule has 0 bridgehead atoms. The van der Waals surface area contributed by atoms with Gasteiger partial charge in [0.25, 0.3) is 0 Å². The van der Waals surface area contributed by atoms with Gasteiger partial charge in [-0.2, -0.15) is 10.1 Å². The Balaban J connectivity index is -0.00000138. The summed E-state index contributed by atoms with van der Waals surface area (Å²) < 4.78 is 52.5. The Bertz CT molecular complexity index is 3460. The first kappa shape index (κ1) is 130. The second kappa shape index (κ2) is 50.5.